The number of hydrogen-bond acceptors (Lipinski definition) is 0. The highest BCUT2D eigenvalue weighted by molar-refractivity contribution is 4.79. The summed E-state index contributed by atoms with van der Waals surface area (Å²) in [4.78, 5) is 0. The van der Waals surface area contributed by atoms with Crippen molar-refractivity contribution in [2.24, 2.45) is 29.1 Å². The van der Waals surface area contributed by atoms with E-state index in [4.69, 9.17) is 0 Å². The fraction of sp³-hybridized carbons (Fsp3) is 1.00. The van der Waals surface area contributed by atoms with E-state index in [2.05, 4.69) is 55.4 Å². The Hall–Kier alpha value is 0. The van der Waals surface area contributed by atoms with Crippen LogP contribution in [-0.4, -0.2) is 0 Å². The molecule has 92 valence electrons. The lowest BCUT2D eigenvalue weighted by molar-refractivity contribution is 0.141. The highest BCUT2D eigenvalue weighted by Gasteiger charge is 2.28. The zero-order chi connectivity index (χ0) is 12.2. The van der Waals surface area contributed by atoms with Gasteiger partial charge in [0.15, 0.2) is 0 Å². The Morgan fingerprint density at radius 3 is 1.67 bits per heavy atom. The minimum atomic E-state index is 0.494. The van der Waals surface area contributed by atoms with Crippen LogP contribution in [0, 0.1) is 29.1 Å². The molecule has 15 heavy (non-hydrogen) atoms. The summed E-state index contributed by atoms with van der Waals surface area (Å²) in [6.45, 7) is 19.1. The average Bonchev–Trinajstić information content (AvgIpc) is 2.01. The van der Waals surface area contributed by atoms with E-state index in [1.54, 1.807) is 0 Å². The maximum absolute atomic E-state index is 2.44. The lowest BCUT2D eigenvalue weighted by Gasteiger charge is -2.36. The van der Waals surface area contributed by atoms with Crippen molar-refractivity contribution in [1.29, 1.82) is 0 Å². The third-order valence-electron chi connectivity index (χ3n) is 4.15. The van der Waals surface area contributed by atoms with Gasteiger partial charge >= 0.3 is 0 Å². The molecule has 0 N–H and O–H groups in total. The molecule has 0 aromatic rings. The van der Waals surface area contributed by atoms with Gasteiger partial charge < -0.3 is 0 Å². The normalized spacial score (nSPS) is 17.2. The fourth-order valence-electron chi connectivity index (χ4n) is 2.29. The van der Waals surface area contributed by atoms with Crippen LogP contribution in [0.25, 0.3) is 0 Å². The molecule has 0 heterocycles. The lowest BCUT2D eigenvalue weighted by Crippen LogP contribution is -2.26. The standard InChI is InChI=1S/C15H32/c1-11(2)9-14(6)15(7,8)10-13(5)12(3)4/h11-14H,9-10H2,1-8H3. The molecular formula is C15H32. The molecule has 0 aliphatic carbocycles. The van der Waals surface area contributed by atoms with Gasteiger partial charge in [-0.1, -0.05) is 55.4 Å². The van der Waals surface area contributed by atoms with E-state index < -0.39 is 0 Å². The summed E-state index contributed by atoms with van der Waals surface area (Å²) in [6, 6.07) is 0. The molecule has 0 heteroatoms. The van der Waals surface area contributed by atoms with E-state index in [-0.39, 0.29) is 0 Å². The first-order chi connectivity index (χ1) is 6.66. The van der Waals surface area contributed by atoms with Crippen molar-refractivity contribution in [3.63, 3.8) is 0 Å². The van der Waals surface area contributed by atoms with Crippen molar-refractivity contribution < 1.29 is 0 Å². The Morgan fingerprint density at radius 1 is 0.867 bits per heavy atom. The fourth-order valence-corrected chi connectivity index (χ4v) is 2.29. The topological polar surface area (TPSA) is 0 Å². The molecule has 0 saturated heterocycles. The van der Waals surface area contributed by atoms with Crippen molar-refractivity contribution in [3.05, 3.63) is 0 Å². The van der Waals surface area contributed by atoms with E-state index >= 15 is 0 Å². The molecule has 0 nitrogen and oxygen atoms in total. The van der Waals surface area contributed by atoms with E-state index in [1.807, 2.05) is 0 Å². The molecule has 0 aromatic heterocycles. The van der Waals surface area contributed by atoms with E-state index in [1.165, 1.54) is 12.8 Å². The molecule has 0 rings (SSSR count). The Morgan fingerprint density at radius 2 is 1.33 bits per heavy atom. The van der Waals surface area contributed by atoms with Gasteiger partial charge in [-0.25, -0.2) is 0 Å². The summed E-state index contributed by atoms with van der Waals surface area (Å²) < 4.78 is 0. The van der Waals surface area contributed by atoms with Crippen molar-refractivity contribution in [1.82, 2.24) is 0 Å². The smallest absolute Gasteiger partial charge is 0.0326 e. The van der Waals surface area contributed by atoms with Gasteiger partial charge in [-0.05, 0) is 41.9 Å². The maximum Gasteiger partial charge on any atom is -0.0326 e. The van der Waals surface area contributed by atoms with Crippen LogP contribution in [0.1, 0.15) is 68.2 Å². The van der Waals surface area contributed by atoms with Crippen LogP contribution in [0.3, 0.4) is 0 Å². The van der Waals surface area contributed by atoms with Crippen LogP contribution in [0.5, 0.6) is 0 Å². The molecule has 0 aliphatic heterocycles. The third kappa shape index (κ3) is 5.58. The molecular weight excluding hydrogens is 180 g/mol. The van der Waals surface area contributed by atoms with Gasteiger partial charge in [0, 0.05) is 0 Å². The molecule has 2 atom stereocenters. The Bertz CT molecular complexity index is 165. The van der Waals surface area contributed by atoms with Crippen molar-refractivity contribution in [2.45, 2.75) is 68.2 Å². The Labute approximate surface area is 97.8 Å². The van der Waals surface area contributed by atoms with Crippen LogP contribution in [0.15, 0.2) is 0 Å². The monoisotopic (exact) mass is 212 g/mol. The molecule has 0 bridgehead atoms. The number of hydrogen-bond donors (Lipinski definition) is 0. The van der Waals surface area contributed by atoms with Crippen molar-refractivity contribution >= 4 is 0 Å². The molecule has 0 spiro atoms. The molecule has 0 saturated carbocycles. The summed E-state index contributed by atoms with van der Waals surface area (Å²) in [5, 5.41) is 0. The zero-order valence-corrected chi connectivity index (χ0v) is 12.2. The van der Waals surface area contributed by atoms with Gasteiger partial charge in [0.05, 0.1) is 0 Å². The predicted octanol–water partition coefficient (Wildman–Crippen LogP) is 5.38. The molecule has 2 unspecified atom stereocenters. The highest BCUT2D eigenvalue weighted by Crippen LogP contribution is 2.38. The van der Waals surface area contributed by atoms with Crippen LogP contribution in [0.4, 0.5) is 0 Å². The van der Waals surface area contributed by atoms with E-state index in [0.717, 1.165) is 23.7 Å². The SMILES string of the molecule is CC(C)CC(C)C(C)(C)CC(C)C(C)C. The first-order valence-electron chi connectivity index (χ1n) is 6.66. The van der Waals surface area contributed by atoms with E-state index in [9.17, 15) is 0 Å². The minimum Gasteiger partial charge on any atom is -0.0628 e. The first-order valence-corrected chi connectivity index (χ1v) is 6.66. The second kappa shape index (κ2) is 5.92. The maximum atomic E-state index is 2.44. The van der Waals surface area contributed by atoms with Gasteiger partial charge in [-0.3, -0.25) is 0 Å². The van der Waals surface area contributed by atoms with Crippen LogP contribution in [0.2, 0.25) is 0 Å². The van der Waals surface area contributed by atoms with Crippen LogP contribution < -0.4 is 0 Å². The van der Waals surface area contributed by atoms with E-state index in [0.29, 0.717) is 5.41 Å². The minimum absolute atomic E-state index is 0.494. The summed E-state index contributed by atoms with van der Waals surface area (Å²) in [5.41, 5.74) is 0.494. The Balaban J connectivity index is 4.27. The van der Waals surface area contributed by atoms with Gasteiger partial charge in [-0.2, -0.15) is 0 Å². The summed E-state index contributed by atoms with van der Waals surface area (Å²) in [7, 11) is 0. The molecule has 0 fully saturated rings. The largest absolute Gasteiger partial charge is 0.0628 e. The Kier molecular flexibility index (Phi) is 5.92. The van der Waals surface area contributed by atoms with Crippen LogP contribution in [-0.2, 0) is 0 Å². The highest BCUT2D eigenvalue weighted by atomic mass is 14.3. The average molecular weight is 212 g/mol. The van der Waals surface area contributed by atoms with Gasteiger partial charge in [-0.15, -0.1) is 0 Å². The summed E-state index contributed by atoms with van der Waals surface area (Å²) in [6.07, 6.45) is 2.72. The van der Waals surface area contributed by atoms with Crippen LogP contribution >= 0.6 is 0 Å². The van der Waals surface area contributed by atoms with Gasteiger partial charge in [0.25, 0.3) is 0 Å². The summed E-state index contributed by atoms with van der Waals surface area (Å²) >= 11 is 0. The second-order valence-corrected chi connectivity index (χ2v) is 6.94. The van der Waals surface area contributed by atoms with Gasteiger partial charge in [0.2, 0.25) is 0 Å². The second-order valence-electron chi connectivity index (χ2n) is 6.94. The molecule has 0 amide bonds. The molecule has 0 aromatic carbocycles. The van der Waals surface area contributed by atoms with Crippen molar-refractivity contribution in [2.75, 3.05) is 0 Å². The predicted molar refractivity (Wildman–Crippen MR) is 71.0 cm³/mol. The quantitative estimate of drug-likeness (QED) is 0.554. The zero-order valence-electron chi connectivity index (χ0n) is 12.2. The summed E-state index contributed by atoms with van der Waals surface area (Å²) in [5.74, 6) is 3.32. The third-order valence-corrected chi connectivity index (χ3v) is 4.15. The first kappa shape index (κ1) is 15.0. The lowest BCUT2D eigenvalue weighted by atomic mass is 9.69. The molecule has 0 aliphatic rings. The van der Waals surface area contributed by atoms with Gasteiger partial charge in [0.1, 0.15) is 0 Å². The number of rotatable bonds is 6. The molecule has 0 radical (unpaired) electrons. The van der Waals surface area contributed by atoms with Crippen molar-refractivity contribution in [3.8, 4) is 0 Å².